The SMILES string of the molecule is CCOC(CN)CCN(C)Cc1ccccc1Br. The summed E-state index contributed by atoms with van der Waals surface area (Å²) in [5, 5.41) is 0. The van der Waals surface area contributed by atoms with Gasteiger partial charge in [-0.05, 0) is 32.0 Å². The Morgan fingerprint density at radius 3 is 2.72 bits per heavy atom. The van der Waals surface area contributed by atoms with E-state index in [4.69, 9.17) is 10.5 Å². The molecule has 0 aliphatic heterocycles. The summed E-state index contributed by atoms with van der Waals surface area (Å²) in [5.74, 6) is 0. The number of nitrogens with zero attached hydrogens (tertiary/aromatic N) is 1. The molecule has 0 amide bonds. The zero-order valence-electron chi connectivity index (χ0n) is 11.2. The molecule has 0 radical (unpaired) electrons. The molecule has 0 saturated carbocycles. The molecule has 1 rings (SSSR count). The predicted molar refractivity (Wildman–Crippen MR) is 79.6 cm³/mol. The molecule has 0 aliphatic rings. The van der Waals surface area contributed by atoms with Crippen LogP contribution in [0.4, 0.5) is 0 Å². The van der Waals surface area contributed by atoms with Gasteiger partial charge < -0.3 is 15.4 Å². The average Bonchev–Trinajstić information content (AvgIpc) is 2.37. The summed E-state index contributed by atoms with van der Waals surface area (Å²) < 4.78 is 6.72. The van der Waals surface area contributed by atoms with E-state index in [1.54, 1.807) is 0 Å². The van der Waals surface area contributed by atoms with E-state index in [-0.39, 0.29) is 6.10 Å². The molecule has 18 heavy (non-hydrogen) atoms. The summed E-state index contributed by atoms with van der Waals surface area (Å²) in [4.78, 5) is 2.29. The van der Waals surface area contributed by atoms with Gasteiger partial charge >= 0.3 is 0 Å². The van der Waals surface area contributed by atoms with Crippen LogP contribution in [0, 0.1) is 0 Å². The van der Waals surface area contributed by atoms with Gasteiger partial charge in [0.2, 0.25) is 0 Å². The molecule has 1 aromatic carbocycles. The monoisotopic (exact) mass is 314 g/mol. The second-order valence-corrected chi connectivity index (χ2v) is 5.29. The second kappa shape index (κ2) is 8.64. The van der Waals surface area contributed by atoms with Gasteiger partial charge in [-0.1, -0.05) is 34.1 Å². The Balaban J connectivity index is 2.37. The van der Waals surface area contributed by atoms with Crippen molar-refractivity contribution < 1.29 is 4.74 Å². The van der Waals surface area contributed by atoms with E-state index in [0.29, 0.717) is 6.54 Å². The molecule has 3 nitrogen and oxygen atoms in total. The molecule has 4 heteroatoms. The van der Waals surface area contributed by atoms with Crippen LogP contribution in [-0.4, -0.2) is 37.7 Å². The molecule has 0 spiro atoms. The highest BCUT2D eigenvalue weighted by Gasteiger charge is 2.09. The molecular weight excluding hydrogens is 292 g/mol. The number of benzene rings is 1. The van der Waals surface area contributed by atoms with Crippen molar-refractivity contribution in [2.75, 3.05) is 26.7 Å². The number of halogens is 1. The van der Waals surface area contributed by atoms with Crippen LogP contribution >= 0.6 is 15.9 Å². The zero-order valence-corrected chi connectivity index (χ0v) is 12.8. The van der Waals surface area contributed by atoms with E-state index in [1.807, 2.05) is 13.0 Å². The first-order chi connectivity index (χ1) is 8.67. The molecular formula is C14H23BrN2O. The van der Waals surface area contributed by atoms with Gasteiger partial charge in [-0.2, -0.15) is 0 Å². The highest BCUT2D eigenvalue weighted by molar-refractivity contribution is 9.10. The maximum absolute atomic E-state index is 5.67. The van der Waals surface area contributed by atoms with Gasteiger partial charge in [-0.3, -0.25) is 0 Å². The molecule has 0 heterocycles. The molecule has 2 N–H and O–H groups in total. The van der Waals surface area contributed by atoms with Crippen LogP contribution in [0.1, 0.15) is 18.9 Å². The Kier molecular flexibility index (Phi) is 7.51. The minimum Gasteiger partial charge on any atom is -0.377 e. The van der Waals surface area contributed by atoms with Gasteiger partial charge in [0.1, 0.15) is 0 Å². The highest BCUT2D eigenvalue weighted by atomic mass is 79.9. The number of hydrogen-bond acceptors (Lipinski definition) is 3. The molecule has 1 atom stereocenters. The first-order valence-electron chi connectivity index (χ1n) is 6.41. The summed E-state index contributed by atoms with van der Waals surface area (Å²) in [7, 11) is 2.12. The van der Waals surface area contributed by atoms with E-state index in [0.717, 1.165) is 30.6 Å². The third kappa shape index (κ3) is 5.48. The molecule has 0 saturated heterocycles. The lowest BCUT2D eigenvalue weighted by molar-refractivity contribution is 0.0558. The van der Waals surface area contributed by atoms with Crippen molar-refractivity contribution in [1.82, 2.24) is 4.90 Å². The fourth-order valence-corrected chi connectivity index (χ4v) is 2.28. The van der Waals surface area contributed by atoms with Crippen molar-refractivity contribution in [3.05, 3.63) is 34.3 Å². The molecule has 1 aromatic rings. The summed E-state index contributed by atoms with van der Waals surface area (Å²) in [6.45, 7) is 5.26. The Morgan fingerprint density at radius 2 is 2.11 bits per heavy atom. The maximum Gasteiger partial charge on any atom is 0.0709 e. The topological polar surface area (TPSA) is 38.5 Å². The van der Waals surface area contributed by atoms with Gasteiger partial charge in [0.15, 0.2) is 0 Å². The van der Waals surface area contributed by atoms with Crippen LogP contribution in [0.5, 0.6) is 0 Å². The lowest BCUT2D eigenvalue weighted by atomic mass is 10.2. The van der Waals surface area contributed by atoms with Crippen LogP contribution in [0.2, 0.25) is 0 Å². The largest absolute Gasteiger partial charge is 0.377 e. The van der Waals surface area contributed by atoms with Crippen molar-refractivity contribution in [2.24, 2.45) is 5.73 Å². The van der Waals surface area contributed by atoms with Gasteiger partial charge in [0.25, 0.3) is 0 Å². The summed E-state index contributed by atoms with van der Waals surface area (Å²) >= 11 is 3.57. The van der Waals surface area contributed by atoms with E-state index in [1.165, 1.54) is 5.56 Å². The number of hydrogen-bond donors (Lipinski definition) is 1. The van der Waals surface area contributed by atoms with E-state index in [2.05, 4.69) is 46.1 Å². The van der Waals surface area contributed by atoms with Crippen LogP contribution in [0.15, 0.2) is 28.7 Å². The lowest BCUT2D eigenvalue weighted by Crippen LogP contribution is -2.29. The fourth-order valence-electron chi connectivity index (χ4n) is 1.87. The standard InChI is InChI=1S/C14H23BrN2O/c1-3-18-13(10-16)8-9-17(2)11-12-6-4-5-7-14(12)15/h4-7,13H,3,8-11,16H2,1-2H3. The number of ether oxygens (including phenoxy) is 1. The van der Waals surface area contributed by atoms with Crippen LogP contribution in [-0.2, 0) is 11.3 Å². The van der Waals surface area contributed by atoms with E-state index >= 15 is 0 Å². The van der Waals surface area contributed by atoms with Crippen LogP contribution in [0.25, 0.3) is 0 Å². The third-order valence-electron chi connectivity index (χ3n) is 2.90. The minimum atomic E-state index is 0.177. The normalized spacial score (nSPS) is 12.9. The maximum atomic E-state index is 5.67. The first-order valence-corrected chi connectivity index (χ1v) is 7.20. The molecule has 1 unspecified atom stereocenters. The third-order valence-corrected chi connectivity index (χ3v) is 3.67. The van der Waals surface area contributed by atoms with Gasteiger partial charge in [-0.25, -0.2) is 0 Å². The van der Waals surface area contributed by atoms with Gasteiger partial charge in [-0.15, -0.1) is 0 Å². The quantitative estimate of drug-likeness (QED) is 0.801. The number of rotatable bonds is 8. The zero-order chi connectivity index (χ0) is 13.4. The second-order valence-electron chi connectivity index (χ2n) is 4.43. The summed E-state index contributed by atoms with van der Waals surface area (Å²) in [6.07, 6.45) is 1.15. The van der Waals surface area contributed by atoms with Gasteiger partial charge in [0, 0.05) is 30.7 Å². The molecule has 0 aromatic heterocycles. The van der Waals surface area contributed by atoms with Crippen molar-refractivity contribution in [3.63, 3.8) is 0 Å². The Bertz CT molecular complexity index is 346. The smallest absolute Gasteiger partial charge is 0.0709 e. The molecule has 0 fully saturated rings. The molecule has 0 bridgehead atoms. The summed E-state index contributed by atoms with van der Waals surface area (Å²) in [5.41, 5.74) is 6.98. The Hall–Kier alpha value is -0.420. The molecule has 0 aliphatic carbocycles. The van der Waals surface area contributed by atoms with E-state index in [9.17, 15) is 0 Å². The molecule has 102 valence electrons. The predicted octanol–water partition coefficient (Wildman–Crippen LogP) is 2.63. The van der Waals surface area contributed by atoms with Crippen molar-refractivity contribution in [3.8, 4) is 0 Å². The van der Waals surface area contributed by atoms with Crippen LogP contribution < -0.4 is 5.73 Å². The van der Waals surface area contributed by atoms with Crippen molar-refractivity contribution in [1.29, 1.82) is 0 Å². The highest BCUT2D eigenvalue weighted by Crippen LogP contribution is 2.17. The summed E-state index contributed by atoms with van der Waals surface area (Å²) in [6, 6.07) is 8.32. The van der Waals surface area contributed by atoms with Crippen LogP contribution in [0.3, 0.4) is 0 Å². The number of nitrogens with two attached hydrogens (primary N) is 1. The van der Waals surface area contributed by atoms with Crippen molar-refractivity contribution in [2.45, 2.75) is 26.0 Å². The average molecular weight is 315 g/mol. The van der Waals surface area contributed by atoms with E-state index < -0.39 is 0 Å². The van der Waals surface area contributed by atoms with Gasteiger partial charge in [0.05, 0.1) is 6.10 Å². The first kappa shape index (κ1) is 15.6. The minimum absolute atomic E-state index is 0.177. The van der Waals surface area contributed by atoms with Crippen molar-refractivity contribution >= 4 is 15.9 Å². The Morgan fingerprint density at radius 1 is 1.39 bits per heavy atom. The fraction of sp³-hybridized carbons (Fsp3) is 0.571. The Labute approximate surface area is 118 Å². The lowest BCUT2D eigenvalue weighted by Gasteiger charge is -2.21.